The van der Waals surface area contributed by atoms with Gasteiger partial charge >= 0.3 is 0 Å². The Morgan fingerprint density at radius 2 is 2.09 bits per heavy atom. The molecule has 0 unspecified atom stereocenters. The summed E-state index contributed by atoms with van der Waals surface area (Å²) >= 11 is 1.11. The Bertz CT molecular complexity index is 710. The fraction of sp³-hybridized carbons (Fsp3) is 0.286. The highest BCUT2D eigenvalue weighted by Crippen LogP contribution is 2.16. The summed E-state index contributed by atoms with van der Waals surface area (Å²) in [4.78, 5) is 25.4. The third-order valence-electron chi connectivity index (χ3n) is 2.98. The van der Waals surface area contributed by atoms with Crippen LogP contribution in [-0.4, -0.2) is 23.8 Å². The number of nitrogens with zero attached hydrogens (tertiary/aromatic N) is 3. The first-order valence-corrected chi connectivity index (χ1v) is 7.58. The number of hydrogen-bond donors (Lipinski definition) is 1. The summed E-state index contributed by atoms with van der Waals surface area (Å²) in [6.07, 6.45) is 1.28. The number of amides is 1. The number of carbonyl (C=O) groups is 2. The van der Waals surface area contributed by atoms with Crippen molar-refractivity contribution in [2.45, 2.75) is 6.92 Å². The molecule has 2 rings (SSSR count). The van der Waals surface area contributed by atoms with Crippen LogP contribution < -0.4 is 20.6 Å². The van der Waals surface area contributed by atoms with Crippen LogP contribution in [0.5, 0.6) is 0 Å². The Kier molecular flexibility index (Phi) is 5.16. The molecule has 7 nitrogen and oxygen atoms in total. The highest BCUT2D eigenvalue weighted by molar-refractivity contribution is 8.14. The van der Waals surface area contributed by atoms with Gasteiger partial charge in [0.15, 0.2) is 5.91 Å². The van der Waals surface area contributed by atoms with Gasteiger partial charge in [-0.2, -0.15) is 0 Å². The number of benzene rings is 1. The monoisotopic (exact) mass is 320 g/mol. The molecule has 0 aliphatic heterocycles. The molecule has 0 aliphatic carbocycles. The normalized spacial score (nSPS) is 11.9. The summed E-state index contributed by atoms with van der Waals surface area (Å²) in [5, 5.41) is 12.0. The van der Waals surface area contributed by atoms with E-state index in [1.165, 1.54) is 18.3 Å². The summed E-state index contributed by atoms with van der Waals surface area (Å²) in [5.74, 6) is -0.226. The first-order valence-electron chi connectivity index (χ1n) is 6.59. The Morgan fingerprint density at radius 1 is 1.41 bits per heavy atom. The third-order valence-corrected chi connectivity index (χ3v) is 4.14. The fourth-order valence-electron chi connectivity index (χ4n) is 1.73. The van der Waals surface area contributed by atoms with Crippen molar-refractivity contribution in [3.05, 3.63) is 47.6 Å². The first-order chi connectivity index (χ1) is 10.5. The van der Waals surface area contributed by atoms with Gasteiger partial charge in [-0.3, -0.25) is 15.0 Å². The zero-order valence-corrected chi connectivity index (χ0v) is 13.0. The average molecular weight is 320 g/mol. The third kappa shape index (κ3) is 3.85. The molecule has 0 radical (unpaired) electrons. The van der Waals surface area contributed by atoms with Crippen LogP contribution in [0.2, 0.25) is 0 Å². The van der Waals surface area contributed by atoms with Crippen LogP contribution in [0.25, 0.3) is 0 Å². The summed E-state index contributed by atoms with van der Waals surface area (Å²) in [6, 6.07) is 8.94. The van der Waals surface area contributed by atoms with E-state index < -0.39 is 0 Å². The summed E-state index contributed by atoms with van der Waals surface area (Å²) in [6.45, 7) is 1.74. The van der Waals surface area contributed by atoms with Gasteiger partial charge in [0.05, 0.1) is 0 Å². The smallest absolute Gasteiger partial charge is 0.286 e. The molecule has 116 valence electrons. The summed E-state index contributed by atoms with van der Waals surface area (Å²) < 4.78 is 4.60. The second-order valence-electron chi connectivity index (χ2n) is 4.71. The number of aromatic nitrogens is 2. The van der Waals surface area contributed by atoms with E-state index in [1.807, 2.05) is 6.07 Å². The van der Waals surface area contributed by atoms with Crippen molar-refractivity contribution in [3.8, 4) is 0 Å². The van der Waals surface area contributed by atoms with Gasteiger partial charge in [-0.05, 0) is 12.3 Å². The van der Waals surface area contributed by atoms with E-state index in [2.05, 4.69) is 9.79 Å². The van der Waals surface area contributed by atoms with Gasteiger partial charge in [0.25, 0.3) is 11.8 Å². The molecule has 1 heterocycles. The van der Waals surface area contributed by atoms with Crippen molar-refractivity contribution >= 4 is 22.8 Å². The lowest BCUT2D eigenvalue weighted by molar-refractivity contribution is -0.752. The number of rotatable bonds is 5. The van der Waals surface area contributed by atoms with Gasteiger partial charge in [-0.1, -0.05) is 53.8 Å². The molecule has 1 atom stereocenters. The minimum absolute atomic E-state index is 0.0644. The second kappa shape index (κ2) is 7.08. The van der Waals surface area contributed by atoms with Crippen molar-refractivity contribution in [2.75, 3.05) is 17.8 Å². The summed E-state index contributed by atoms with van der Waals surface area (Å²) in [7, 11) is 1.53. The highest BCUT2D eigenvalue weighted by Gasteiger charge is 2.20. The van der Waals surface area contributed by atoms with Crippen LogP contribution in [0.3, 0.4) is 0 Å². The van der Waals surface area contributed by atoms with Gasteiger partial charge in [-0.15, -0.1) is 0 Å². The van der Waals surface area contributed by atoms with Crippen LogP contribution in [0, 0.1) is 11.3 Å². The zero-order chi connectivity index (χ0) is 16.1. The number of thioether (sulfide) groups is 1. The maximum atomic E-state index is 12.2. The SMILES string of the molecule is C[C@H](CSC(=O)c1ccccc1)C(=O)N(C)[n+]1cc(=N)o[n-]1. The molecule has 8 heteroatoms. The van der Waals surface area contributed by atoms with Gasteiger partial charge in [0.1, 0.15) is 0 Å². The van der Waals surface area contributed by atoms with Crippen LogP contribution in [-0.2, 0) is 4.79 Å². The van der Waals surface area contributed by atoms with Crippen molar-refractivity contribution in [2.24, 2.45) is 5.92 Å². The lowest BCUT2D eigenvalue weighted by Gasteiger charge is -2.19. The molecule has 1 amide bonds. The molecule has 0 fully saturated rings. The number of hydrogen-bond acceptors (Lipinski definition) is 5. The van der Waals surface area contributed by atoms with Crippen molar-refractivity contribution in [3.63, 3.8) is 0 Å². The number of carbonyl (C=O) groups excluding carboxylic acids is 2. The first kappa shape index (κ1) is 16.0. The van der Waals surface area contributed by atoms with Crippen molar-refractivity contribution in [1.82, 2.24) is 5.27 Å². The van der Waals surface area contributed by atoms with Crippen LogP contribution in [0.1, 0.15) is 17.3 Å². The van der Waals surface area contributed by atoms with Gasteiger partial charge in [0, 0.05) is 17.2 Å². The molecule has 1 N–H and O–H groups in total. The highest BCUT2D eigenvalue weighted by atomic mass is 32.2. The van der Waals surface area contributed by atoms with Crippen molar-refractivity contribution in [1.29, 1.82) is 5.41 Å². The molecule has 0 spiro atoms. The van der Waals surface area contributed by atoms with Gasteiger partial charge in [-0.25, -0.2) is 5.01 Å². The molecule has 0 aliphatic rings. The quantitative estimate of drug-likeness (QED) is 0.800. The molecule has 0 bridgehead atoms. The van der Waals surface area contributed by atoms with E-state index in [0.717, 1.165) is 16.6 Å². The van der Waals surface area contributed by atoms with E-state index in [9.17, 15) is 9.59 Å². The largest absolute Gasteiger partial charge is 0.380 e. The topological polar surface area (TPSA) is 92.4 Å². The van der Waals surface area contributed by atoms with Crippen LogP contribution in [0.4, 0.5) is 0 Å². The van der Waals surface area contributed by atoms with E-state index in [0.29, 0.717) is 11.3 Å². The zero-order valence-electron chi connectivity index (χ0n) is 12.2. The molecular weight excluding hydrogens is 304 g/mol. The molecule has 22 heavy (non-hydrogen) atoms. The Morgan fingerprint density at radius 3 is 2.68 bits per heavy atom. The predicted molar refractivity (Wildman–Crippen MR) is 79.6 cm³/mol. The maximum Gasteiger partial charge on any atom is 0.286 e. The molecule has 1 aromatic carbocycles. The molecular formula is C14H16N4O3S. The lowest BCUT2D eigenvalue weighted by atomic mass is 10.2. The average Bonchev–Trinajstić information content (AvgIpc) is 2.98. The van der Waals surface area contributed by atoms with Crippen molar-refractivity contribution < 1.29 is 18.9 Å². The lowest BCUT2D eigenvalue weighted by Crippen LogP contribution is -2.62. The molecule has 2 aromatic rings. The predicted octanol–water partition coefficient (Wildman–Crippen LogP) is 0.308. The molecule has 0 saturated heterocycles. The van der Waals surface area contributed by atoms with Gasteiger partial charge < -0.3 is 4.52 Å². The Hall–Kier alpha value is -2.35. The molecule has 0 saturated carbocycles. The van der Waals surface area contributed by atoms with Gasteiger partial charge in [0.2, 0.25) is 5.12 Å². The van der Waals surface area contributed by atoms with E-state index in [-0.39, 0.29) is 22.5 Å². The number of nitrogens with one attached hydrogen (secondary N) is 1. The fourth-order valence-corrected chi connectivity index (χ4v) is 2.58. The van der Waals surface area contributed by atoms with E-state index in [1.54, 1.807) is 31.2 Å². The Balaban J connectivity index is 1.91. The standard InChI is InChI=1S/C14H16N4O3S/c1-10(9-22-14(20)11-6-4-3-5-7-11)13(19)17(2)18-8-12(15)21-16-18/h3-8,10,15H,9H2,1-2H3/t10-/m1/s1. The molecule has 1 aromatic heterocycles. The van der Waals surface area contributed by atoms with Crippen LogP contribution in [0.15, 0.2) is 41.1 Å². The summed E-state index contributed by atoms with van der Waals surface area (Å²) in [5.41, 5.74) is 0.478. The second-order valence-corrected chi connectivity index (χ2v) is 5.71. The van der Waals surface area contributed by atoms with Crippen LogP contribution >= 0.6 is 11.8 Å². The minimum Gasteiger partial charge on any atom is -0.380 e. The maximum absolute atomic E-state index is 12.2. The Labute approximate surface area is 131 Å². The minimum atomic E-state index is -0.374. The van der Waals surface area contributed by atoms with E-state index in [4.69, 9.17) is 5.41 Å². The van der Waals surface area contributed by atoms with E-state index >= 15 is 0 Å².